The molecule has 0 bridgehead atoms. The molecule has 4 nitrogen and oxygen atoms in total. The SMILES string of the molecule is CNCCC(=O)NCc1ccc(CN2CCCC2)cc1.Cl.Cl. The summed E-state index contributed by atoms with van der Waals surface area (Å²) in [4.78, 5) is 14.0. The van der Waals surface area contributed by atoms with E-state index in [1.165, 1.54) is 31.5 Å². The lowest BCUT2D eigenvalue weighted by atomic mass is 10.1. The first kappa shape index (κ1) is 21.2. The molecular formula is C16H27Cl2N3O. The molecule has 126 valence electrons. The van der Waals surface area contributed by atoms with Crippen molar-refractivity contribution in [3.8, 4) is 0 Å². The molecule has 0 spiro atoms. The molecule has 1 aromatic rings. The van der Waals surface area contributed by atoms with E-state index >= 15 is 0 Å². The molecule has 2 N–H and O–H groups in total. The highest BCUT2D eigenvalue weighted by molar-refractivity contribution is 5.85. The van der Waals surface area contributed by atoms with E-state index in [4.69, 9.17) is 0 Å². The number of amides is 1. The monoisotopic (exact) mass is 347 g/mol. The number of halogens is 2. The maximum absolute atomic E-state index is 11.5. The summed E-state index contributed by atoms with van der Waals surface area (Å²) in [6.45, 7) is 4.84. The molecule has 0 aromatic heterocycles. The van der Waals surface area contributed by atoms with Gasteiger partial charge in [-0.2, -0.15) is 0 Å². The number of carbonyl (C=O) groups is 1. The smallest absolute Gasteiger partial charge is 0.221 e. The van der Waals surface area contributed by atoms with E-state index in [-0.39, 0.29) is 30.7 Å². The van der Waals surface area contributed by atoms with Crippen molar-refractivity contribution in [1.82, 2.24) is 15.5 Å². The zero-order valence-corrected chi connectivity index (χ0v) is 14.8. The van der Waals surface area contributed by atoms with Gasteiger partial charge in [0, 0.05) is 26.1 Å². The van der Waals surface area contributed by atoms with E-state index in [1.54, 1.807) is 0 Å². The van der Waals surface area contributed by atoms with Gasteiger partial charge in [-0.25, -0.2) is 0 Å². The molecule has 1 fully saturated rings. The van der Waals surface area contributed by atoms with E-state index in [0.717, 1.165) is 18.7 Å². The summed E-state index contributed by atoms with van der Waals surface area (Å²) < 4.78 is 0. The molecule has 1 aliphatic rings. The van der Waals surface area contributed by atoms with Crippen LogP contribution >= 0.6 is 24.8 Å². The minimum absolute atomic E-state index is 0. The Kier molecular flexibility index (Phi) is 11.3. The standard InChI is InChI=1S/C16H25N3O.2ClH/c1-17-9-8-16(20)18-12-14-4-6-15(7-5-14)13-19-10-2-3-11-19;;/h4-7,17H,2-3,8-13H2,1H3,(H,18,20);2*1H. The van der Waals surface area contributed by atoms with Crippen LogP contribution in [0.25, 0.3) is 0 Å². The summed E-state index contributed by atoms with van der Waals surface area (Å²) in [7, 11) is 1.85. The van der Waals surface area contributed by atoms with Crippen LogP contribution in [0, 0.1) is 0 Å². The first-order chi connectivity index (χ1) is 9.78. The topological polar surface area (TPSA) is 44.4 Å². The fraction of sp³-hybridized carbons (Fsp3) is 0.562. The first-order valence-corrected chi connectivity index (χ1v) is 7.49. The van der Waals surface area contributed by atoms with Gasteiger partial charge in [0.2, 0.25) is 5.91 Å². The van der Waals surface area contributed by atoms with Crippen molar-refractivity contribution in [2.75, 3.05) is 26.7 Å². The number of hydrogen-bond donors (Lipinski definition) is 2. The summed E-state index contributed by atoms with van der Waals surface area (Å²) in [5, 5.41) is 5.91. The molecule has 1 heterocycles. The van der Waals surface area contributed by atoms with E-state index < -0.39 is 0 Å². The van der Waals surface area contributed by atoms with Crippen molar-refractivity contribution in [3.05, 3.63) is 35.4 Å². The van der Waals surface area contributed by atoms with Gasteiger partial charge < -0.3 is 10.6 Å². The van der Waals surface area contributed by atoms with Crippen molar-refractivity contribution < 1.29 is 4.79 Å². The molecule has 0 aliphatic carbocycles. The molecule has 2 rings (SSSR count). The van der Waals surface area contributed by atoms with Crippen LogP contribution in [0.3, 0.4) is 0 Å². The fourth-order valence-corrected chi connectivity index (χ4v) is 2.49. The highest BCUT2D eigenvalue weighted by Gasteiger charge is 2.11. The van der Waals surface area contributed by atoms with Crippen LogP contribution in [-0.2, 0) is 17.9 Å². The second-order valence-corrected chi connectivity index (χ2v) is 5.43. The molecule has 1 aromatic carbocycles. The molecular weight excluding hydrogens is 321 g/mol. The van der Waals surface area contributed by atoms with E-state index in [0.29, 0.717) is 13.0 Å². The lowest BCUT2D eigenvalue weighted by Gasteiger charge is -2.14. The highest BCUT2D eigenvalue weighted by Crippen LogP contribution is 2.13. The quantitative estimate of drug-likeness (QED) is 0.795. The summed E-state index contributed by atoms with van der Waals surface area (Å²) in [6.07, 6.45) is 3.19. The second-order valence-electron chi connectivity index (χ2n) is 5.43. The van der Waals surface area contributed by atoms with Crippen LogP contribution in [0.4, 0.5) is 0 Å². The van der Waals surface area contributed by atoms with Gasteiger partial charge in [-0.15, -0.1) is 24.8 Å². The zero-order valence-electron chi connectivity index (χ0n) is 13.1. The summed E-state index contributed by atoms with van der Waals surface area (Å²) in [6, 6.07) is 8.58. The van der Waals surface area contributed by atoms with Crippen LogP contribution in [0.1, 0.15) is 30.4 Å². The van der Waals surface area contributed by atoms with Crippen LogP contribution in [0.2, 0.25) is 0 Å². The third-order valence-electron chi connectivity index (χ3n) is 3.72. The Labute approximate surface area is 145 Å². The number of nitrogens with one attached hydrogen (secondary N) is 2. The molecule has 0 unspecified atom stereocenters. The van der Waals surface area contributed by atoms with Crippen LogP contribution in [0.5, 0.6) is 0 Å². The molecule has 6 heteroatoms. The Morgan fingerprint density at radius 1 is 1.09 bits per heavy atom. The van der Waals surface area contributed by atoms with E-state index in [9.17, 15) is 4.79 Å². The van der Waals surface area contributed by atoms with Gasteiger partial charge in [0.1, 0.15) is 0 Å². The molecule has 1 saturated heterocycles. The van der Waals surface area contributed by atoms with Crippen molar-refractivity contribution in [2.45, 2.75) is 32.4 Å². The molecule has 1 aliphatic heterocycles. The van der Waals surface area contributed by atoms with Crippen molar-refractivity contribution in [3.63, 3.8) is 0 Å². The van der Waals surface area contributed by atoms with Gasteiger partial charge in [-0.3, -0.25) is 9.69 Å². The number of hydrogen-bond acceptors (Lipinski definition) is 3. The van der Waals surface area contributed by atoms with Crippen molar-refractivity contribution in [1.29, 1.82) is 0 Å². The number of nitrogens with zero attached hydrogens (tertiary/aromatic N) is 1. The number of rotatable bonds is 7. The maximum Gasteiger partial charge on any atom is 0.221 e. The van der Waals surface area contributed by atoms with Crippen LogP contribution < -0.4 is 10.6 Å². The minimum Gasteiger partial charge on any atom is -0.352 e. The second kappa shape index (κ2) is 11.7. The predicted octanol–water partition coefficient (Wildman–Crippen LogP) is 2.35. The van der Waals surface area contributed by atoms with Crippen LogP contribution in [0.15, 0.2) is 24.3 Å². The molecule has 0 saturated carbocycles. The van der Waals surface area contributed by atoms with Crippen LogP contribution in [-0.4, -0.2) is 37.5 Å². The van der Waals surface area contributed by atoms with Crippen molar-refractivity contribution >= 4 is 30.7 Å². The van der Waals surface area contributed by atoms with Crippen molar-refractivity contribution in [2.24, 2.45) is 0 Å². The van der Waals surface area contributed by atoms with Gasteiger partial charge in [-0.05, 0) is 44.1 Å². The zero-order chi connectivity index (χ0) is 14.2. The summed E-state index contributed by atoms with van der Waals surface area (Å²) >= 11 is 0. The molecule has 22 heavy (non-hydrogen) atoms. The van der Waals surface area contributed by atoms with Gasteiger partial charge in [0.15, 0.2) is 0 Å². The molecule has 0 radical (unpaired) electrons. The third-order valence-corrected chi connectivity index (χ3v) is 3.72. The predicted molar refractivity (Wildman–Crippen MR) is 95.8 cm³/mol. The fourth-order valence-electron chi connectivity index (χ4n) is 2.49. The highest BCUT2D eigenvalue weighted by atomic mass is 35.5. The molecule has 0 atom stereocenters. The Balaban J connectivity index is 0.00000220. The maximum atomic E-state index is 11.5. The summed E-state index contributed by atoms with van der Waals surface area (Å²) in [5.74, 6) is 0.0977. The van der Waals surface area contributed by atoms with E-state index in [1.807, 2.05) is 7.05 Å². The minimum atomic E-state index is 0. The Morgan fingerprint density at radius 3 is 2.27 bits per heavy atom. The molecule has 1 amide bonds. The lowest BCUT2D eigenvalue weighted by Crippen LogP contribution is -2.26. The number of benzene rings is 1. The van der Waals surface area contributed by atoms with Gasteiger partial charge >= 0.3 is 0 Å². The number of likely N-dealkylation sites (tertiary alicyclic amines) is 1. The van der Waals surface area contributed by atoms with Gasteiger partial charge in [0.05, 0.1) is 0 Å². The van der Waals surface area contributed by atoms with E-state index in [2.05, 4.69) is 39.8 Å². The Bertz CT molecular complexity index is 420. The Morgan fingerprint density at radius 2 is 1.68 bits per heavy atom. The average molecular weight is 348 g/mol. The largest absolute Gasteiger partial charge is 0.352 e. The summed E-state index contributed by atoms with van der Waals surface area (Å²) in [5.41, 5.74) is 2.52. The average Bonchev–Trinajstić information content (AvgIpc) is 2.97. The van der Waals surface area contributed by atoms with Gasteiger partial charge in [-0.1, -0.05) is 24.3 Å². The lowest BCUT2D eigenvalue weighted by molar-refractivity contribution is -0.121. The third kappa shape index (κ3) is 7.45. The normalized spacial score (nSPS) is 14.0. The Hall–Kier alpha value is -0.810. The van der Waals surface area contributed by atoms with Gasteiger partial charge in [0.25, 0.3) is 0 Å². The number of carbonyl (C=O) groups excluding carboxylic acids is 1. The first-order valence-electron chi connectivity index (χ1n) is 7.49.